The summed E-state index contributed by atoms with van der Waals surface area (Å²) < 4.78 is 0. The molecule has 0 fully saturated rings. The second-order valence-electron chi connectivity index (χ2n) is 9.12. The first kappa shape index (κ1) is 29.8. The van der Waals surface area contributed by atoms with Crippen LogP contribution in [0.2, 0.25) is 5.02 Å². The third kappa shape index (κ3) is 8.20. The number of halogens is 1. The summed E-state index contributed by atoms with van der Waals surface area (Å²) in [6.45, 7) is 0. The monoisotopic (exact) mass is 624 g/mol. The lowest BCUT2D eigenvalue weighted by atomic mass is 10.1. The number of carbonyl (C=O) groups excluding carboxylic acids is 3. The van der Waals surface area contributed by atoms with Crippen LogP contribution in [0, 0.1) is 0 Å². The molecule has 0 radical (unpaired) electrons. The molecule has 3 N–H and O–H groups in total. The van der Waals surface area contributed by atoms with E-state index in [2.05, 4.69) is 20.9 Å². The minimum absolute atomic E-state index is 0.0185. The van der Waals surface area contributed by atoms with Gasteiger partial charge in [0.2, 0.25) is 5.91 Å². The summed E-state index contributed by atoms with van der Waals surface area (Å²) in [6.07, 6.45) is 3.17. The Bertz CT molecular complexity index is 1750. The zero-order valence-corrected chi connectivity index (χ0v) is 25.0. The highest BCUT2D eigenvalue weighted by atomic mass is 35.5. The van der Waals surface area contributed by atoms with Crippen LogP contribution in [0.3, 0.4) is 0 Å². The van der Waals surface area contributed by atoms with Gasteiger partial charge < -0.3 is 16.0 Å². The molecule has 0 spiro atoms. The number of aromatic nitrogens is 1. The maximum Gasteiger partial charge on any atom is 0.272 e. The maximum absolute atomic E-state index is 13.5. The van der Waals surface area contributed by atoms with Gasteiger partial charge in [-0.15, -0.1) is 23.1 Å². The molecule has 1 heterocycles. The molecule has 5 rings (SSSR count). The second-order valence-corrected chi connectivity index (χ2v) is 11.6. The molecule has 0 aliphatic rings. The number of thioether (sulfide) groups is 1. The van der Waals surface area contributed by atoms with Gasteiger partial charge in [-0.25, -0.2) is 4.98 Å². The number of hydrogen-bond acceptors (Lipinski definition) is 6. The van der Waals surface area contributed by atoms with Crippen molar-refractivity contribution in [2.45, 2.75) is 10.1 Å². The largest absolute Gasteiger partial charge is 0.321 e. The quantitative estimate of drug-likeness (QED) is 0.109. The van der Waals surface area contributed by atoms with Crippen LogP contribution in [0.25, 0.3) is 6.08 Å². The van der Waals surface area contributed by atoms with E-state index in [0.29, 0.717) is 27.0 Å². The molecule has 0 saturated heterocycles. The van der Waals surface area contributed by atoms with Gasteiger partial charge in [0.25, 0.3) is 11.8 Å². The summed E-state index contributed by atoms with van der Waals surface area (Å²) in [7, 11) is 0. The zero-order valence-electron chi connectivity index (χ0n) is 22.6. The summed E-state index contributed by atoms with van der Waals surface area (Å²) in [5.41, 5.74) is 2.31. The fraction of sp³-hybridized carbons (Fsp3) is 0.0303. The number of nitrogens with zero attached hydrogens (tertiary/aromatic N) is 1. The van der Waals surface area contributed by atoms with E-state index in [1.165, 1.54) is 29.2 Å². The number of thiazole rings is 1. The van der Waals surface area contributed by atoms with Gasteiger partial charge >= 0.3 is 0 Å². The summed E-state index contributed by atoms with van der Waals surface area (Å²) in [5.74, 6) is -1.18. The van der Waals surface area contributed by atoms with Gasteiger partial charge in [-0.05, 0) is 53.6 Å². The highest BCUT2D eigenvalue weighted by Gasteiger charge is 2.23. The van der Waals surface area contributed by atoms with E-state index in [1.807, 2.05) is 36.4 Å². The molecular formula is C33H25ClN4O3S2. The molecule has 5 aromatic rings. The molecule has 1 atom stereocenters. The molecule has 1 unspecified atom stereocenters. The first-order valence-corrected chi connectivity index (χ1v) is 15.3. The average Bonchev–Trinajstić information content (AvgIpc) is 3.54. The molecule has 43 heavy (non-hydrogen) atoms. The summed E-state index contributed by atoms with van der Waals surface area (Å²) >= 11 is 9.04. The Balaban J connectivity index is 1.38. The van der Waals surface area contributed by atoms with Gasteiger partial charge in [0, 0.05) is 32.7 Å². The van der Waals surface area contributed by atoms with E-state index >= 15 is 0 Å². The van der Waals surface area contributed by atoms with Crippen LogP contribution in [0.15, 0.2) is 131 Å². The number of hydrogen-bond donors (Lipinski definition) is 3. The Hall–Kier alpha value is -4.70. The van der Waals surface area contributed by atoms with Gasteiger partial charge in [0.15, 0.2) is 5.13 Å². The van der Waals surface area contributed by atoms with Crippen LogP contribution in [0.1, 0.15) is 26.7 Å². The Morgan fingerprint density at radius 1 is 0.837 bits per heavy atom. The number of nitrogens with one attached hydrogen (secondary N) is 3. The molecule has 214 valence electrons. The molecule has 4 aromatic carbocycles. The van der Waals surface area contributed by atoms with Gasteiger partial charge in [0.05, 0.1) is 0 Å². The SMILES string of the molecule is O=C(Nc1cccc(SC(C(=O)Nc2nccs2)c2ccccc2)c1)/C(=C\c1ccccc1Cl)NC(=O)c1ccccc1. The molecule has 10 heteroatoms. The first-order valence-electron chi connectivity index (χ1n) is 13.1. The predicted molar refractivity (Wildman–Crippen MR) is 174 cm³/mol. The minimum Gasteiger partial charge on any atom is -0.321 e. The maximum atomic E-state index is 13.5. The molecule has 0 aliphatic carbocycles. The Kier molecular flexibility index (Phi) is 10.0. The van der Waals surface area contributed by atoms with Crippen molar-refractivity contribution in [1.82, 2.24) is 10.3 Å². The lowest BCUT2D eigenvalue weighted by Crippen LogP contribution is -2.30. The molecule has 3 amide bonds. The standard InChI is InChI=1S/C33H25ClN4O3S2/c34-27-17-8-7-14-24(27)20-28(37-30(39)23-12-5-2-6-13-23)31(40)36-25-15-9-16-26(21-25)43-29(22-10-3-1-4-11-22)32(41)38-33-35-18-19-42-33/h1-21,29H,(H,36,40)(H,37,39)(H,35,38,41)/b28-20+. The molecule has 0 aliphatic heterocycles. The van der Waals surface area contributed by atoms with E-state index in [4.69, 9.17) is 11.6 Å². The van der Waals surface area contributed by atoms with Crippen molar-refractivity contribution in [3.8, 4) is 0 Å². The van der Waals surface area contributed by atoms with E-state index in [-0.39, 0.29) is 11.6 Å². The highest BCUT2D eigenvalue weighted by molar-refractivity contribution is 8.00. The van der Waals surface area contributed by atoms with Crippen molar-refractivity contribution < 1.29 is 14.4 Å². The molecule has 7 nitrogen and oxygen atoms in total. The van der Waals surface area contributed by atoms with Crippen LogP contribution in [-0.4, -0.2) is 22.7 Å². The van der Waals surface area contributed by atoms with Crippen molar-refractivity contribution in [2.75, 3.05) is 10.6 Å². The Morgan fingerprint density at radius 2 is 1.56 bits per heavy atom. The third-order valence-electron chi connectivity index (χ3n) is 6.08. The third-order valence-corrected chi connectivity index (χ3v) is 8.36. The topological polar surface area (TPSA) is 100 Å². The molecular weight excluding hydrogens is 600 g/mol. The number of carbonyl (C=O) groups is 3. The fourth-order valence-corrected chi connectivity index (χ4v) is 5.83. The summed E-state index contributed by atoms with van der Waals surface area (Å²) in [4.78, 5) is 44.7. The lowest BCUT2D eigenvalue weighted by molar-refractivity contribution is -0.116. The lowest BCUT2D eigenvalue weighted by Gasteiger charge is -2.17. The smallest absolute Gasteiger partial charge is 0.272 e. The minimum atomic E-state index is -0.572. The number of amides is 3. The van der Waals surface area contributed by atoms with Gasteiger partial charge in [-0.2, -0.15) is 0 Å². The number of rotatable bonds is 10. The highest BCUT2D eigenvalue weighted by Crippen LogP contribution is 2.37. The van der Waals surface area contributed by atoms with Crippen molar-refractivity contribution in [3.63, 3.8) is 0 Å². The van der Waals surface area contributed by atoms with Crippen LogP contribution in [0.4, 0.5) is 10.8 Å². The van der Waals surface area contributed by atoms with Crippen molar-refractivity contribution in [2.24, 2.45) is 0 Å². The zero-order chi connectivity index (χ0) is 30.0. The average molecular weight is 625 g/mol. The number of benzene rings is 4. The first-order chi connectivity index (χ1) is 21.0. The van der Waals surface area contributed by atoms with E-state index in [1.54, 1.807) is 84.4 Å². The van der Waals surface area contributed by atoms with E-state index in [0.717, 1.165) is 10.5 Å². The van der Waals surface area contributed by atoms with Gasteiger partial charge in [0.1, 0.15) is 10.9 Å². The van der Waals surface area contributed by atoms with E-state index in [9.17, 15) is 14.4 Å². The van der Waals surface area contributed by atoms with Crippen LogP contribution >= 0.6 is 34.7 Å². The molecule has 1 aromatic heterocycles. The fourth-order valence-electron chi connectivity index (χ4n) is 4.03. The van der Waals surface area contributed by atoms with Crippen LogP contribution in [0.5, 0.6) is 0 Å². The Morgan fingerprint density at radius 3 is 2.28 bits per heavy atom. The second kappa shape index (κ2) is 14.5. The normalized spacial score (nSPS) is 11.8. The van der Waals surface area contributed by atoms with Crippen molar-refractivity contribution in [3.05, 3.63) is 148 Å². The molecule has 0 bridgehead atoms. The van der Waals surface area contributed by atoms with Gasteiger partial charge in [-0.3, -0.25) is 14.4 Å². The number of anilines is 2. The molecule has 0 saturated carbocycles. The predicted octanol–water partition coefficient (Wildman–Crippen LogP) is 7.68. The van der Waals surface area contributed by atoms with Gasteiger partial charge in [-0.1, -0.05) is 84.4 Å². The van der Waals surface area contributed by atoms with E-state index < -0.39 is 17.1 Å². The van der Waals surface area contributed by atoms with Crippen LogP contribution < -0.4 is 16.0 Å². The van der Waals surface area contributed by atoms with Crippen molar-refractivity contribution >= 4 is 69.3 Å². The van der Waals surface area contributed by atoms with Crippen LogP contribution in [-0.2, 0) is 9.59 Å². The summed E-state index contributed by atoms with van der Waals surface area (Å²) in [6, 6.07) is 32.3. The van der Waals surface area contributed by atoms with Crippen molar-refractivity contribution in [1.29, 1.82) is 0 Å². The Labute approximate surface area is 262 Å². The summed E-state index contributed by atoms with van der Waals surface area (Å²) in [5, 5.41) is 10.6.